The molecule has 0 saturated carbocycles. The molecule has 8 heteroatoms. The molecule has 7 nitrogen and oxygen atoms in total. The average molecular weight is 435 g/mol. The molecule has 0 fully saturated rings. The topological polar surface area (TPSA) is 68.6 Å². The highest BCUT2D eigenvalue weighted by Crippen LogP contribution is 2.41. The number of esters is 1. The van der Waals surface area contributed by atoms with E-state index in [1.165, 1.54) is 0 Å². The van der Waals surface area contributed by atoms with Gasteiger partial charge in [0.25, 0.3) is 0 Å². The van der Waals surface area contributed by atoms with Crippen molar-refractivity contribution in [3.63, 3.8) is 0 Å². The first-order valence-electron chi connectivity index (χ1n) is 10.1. The number of nitrogens with one attached hydrogen (secondary N) is 1. The Morgan fingerprint density at radius 3 is 2.57 bits per heavy atom. The molecule has 1 aromatic heterocycles. The molecular weight excluding hydrogens is 404 g/mol. The van der Waals surface area contributed by atoms with Crippen LogP contribution in [0, 0.1) is 0 Å². The average Bonchev–Trinajstić information content (AvgIpc) is 3.13. The Morgan fingerprint density at radius 2 is 1.93 bits per heavy atom. The number of benzene rings is 1. The fourth-order valence-corrected chi connectivity index (χ4v) is 3.80. The Kier molecular flexibility index (Phi) is 8.32. The van der Waals surface area contributed by atoms with E-state index in [4.69, 9.17) is 9.47 Å². The van der Waals surface area contributed by atoms with E-state index in [1.54, 1.807) is 7.11 Å². The van der Waals surface area contributed by atoms with Crippen LogP contribution in [0.3, 0.4) is 0 Å². The van der Waals surface area contributed by atoms with Crippen LogP contribution in [0.15, 0.2) is 41.7 Å². The molecule has 2 heterocycles. The van der Waals surface area contributed by atoms with Crippen molar-refractivity contribution in [3.8, 4) is 5.75 Å². The number of carbonyl (C=O) groups excluding carboxylic acids is 1. The van der Waals surface area contributed by atoms with E-state index < -0.39 is 0 Å². The van der Waals surface area contributed by atoms with E-state index in [0.29, 0.717) is 18.1 Å². The lowest BCUT2D eigenvalue weighted by molar-refractivity contribution is -0.139. The summed E-state index contributed by atoms with van der Waals surface area (Å²) in [6, 6.07) is 7.41. The quantitative estimate of drug-likeness (QED) is 0.633. The zero-order chi connectivity index (χ0) is 21.0. The van der Waals surface area contributed by atoms with Gasteiger partial charge >= 0.3 is 5.97 Å². The summed E-state index contributed by atoms with van der Waals surface area (Å²) in [4.78, 5) is 19.9. The first-order valence-corrected chi connectivity index (χ1v) is 10.1. The number of methoxy groups -OCH3 is 1. The number of aromatic nitrogens is 2. The first kappa shape index (κ1) is 23.8. The van der Waals surface area contributed by atoms with Crippen molar-refractivity contribution in [2.75, 3.05) is 32.1 Å². The maximum atomic E-state index is 13.0. The predicted molar refractivity (Wildman–Crippen MR) is 120 cm³/mol. The minimum Gasteiger partial charge on any atom is -0.496 e. The van der Waals surface area contributed by atoms with Gasteiger partial charge in [0.2, 0.25) is 5.95 Å². The summed E-state index contributed by atoms with van der Waals surface area (Å²) < 4.78 is 13.1. The lowest BCUT2D eigenvalue weighted by atomic mass is 9.94. The summed E-state index contributed by atoms with van der Waals surface area (Å²) in [6.07, 6.45) is 1.88. The van der Waals surface area contributed by atoms with Crippen molar-refractivity contribution >= 4 is 24.3 Å². The molecule has 0 saturated heterocycles. The second kappa shape index (κ2) is 10.5. The molecule has 3 rings (SSSR count). The number of hydrogen-bond acceptors (Lipinski definition) is 6. The van der Waals surface area contributed by atoms with Crippen LogP contribution in [-0.2, 0) is 16.1 Å². The Morgan fingerprint density at radius 1 is 1.23 bits per heavy atom. The van der Waals surface area contributed by atoms with Gasteiger partial charge in [-0.2, -0.15) is 0 Å². The van der Waals surface area contributed by atoms with Crippen LogP contribution in [0.4, 0.5) is 5.95 Å². The van der Waals surface area contributed by atoms with Crippen LogP contribution in [-0.4, -0.2) is 47.2 Å². The maximum absolute atomic E-state index is 13.0. The lowest BCUT2D eigenvalue weighted by Crippen LogP contribution is -2.32. The smallest absolute Gasteiger partial charge is 0.338 e. The number of halogens is 1. The summed E-state index contributed by atoms with van der Waals surface area (Å²) in [5.74, 6) is 1.11. The van der Waals surface area contributed by atoms with Gasteiger partial charge in [-0.1, -0.05) is 32.0 Å². The second-order valence-electron chi connectivity index (χ2n) is 6.93. The van der Waals surface area contributed by atoms with Gasteiger partial charge in [0.1, 0.15) is 5.75 Å². The van der Waals surface area contributed by atoms with Gasteiger partial charge in [0.05, 0.1) is 37.2 Å². The van der Waals surface area contributed by atoms with Gasteiger partial charge in [0, 0.05) is 17.8 Å². The lowest BCUT2D eigenvalue weighted by Gasteiger charge is -2.32. The fraction of sp³-hybridized carbons (Fsp3) is 0.455. The maximum Gasteiger partial charge on any atom is 0.338 e. The Balaban J connectivity index is 0.00000320. The Bertz CT molecular complexity index is 906. The number of nitrogens with zero attached hydrogens (tertiary/aromatic N) is 3. The van der Waals surface area contributed by atoms with Crippen molar-refractivity contribution in [1.29, 1.82) is 0 Å². The molecule has 30 heavy (non-hydrogen) atoms. The van der Waals surface area contributed by atoms with Crippen LogP contribution in [0.25, 0.3) is 0 Å². The zero-order valence-electron chi connectivity index (χ0n) is 18.3. The van der Waals surface area contributed by atoms with Crippen molar-refractivity contribution in [2.45, 2.75) is 40.3 Å². The number of para-hydroxylation sites is 1. The third-order valence-electron chi connectivity index (χ3n) is 5.32. The van der Waals surface area contributed by atoms with E-state index in [9.17, 15) is 4.79 Å². The summed E-state index contributed by atoms with van der Waals surface area (Å²) in [5.41, 5.74) is 3.25. The molecule has 0 amide bonds. The highest BCUT2D eigenvalue weighted by molar-refractivity contribution is 5.92. The van der Waals surface area contributed by atoms with Crippen LogP contribution >= 0.6 is 12.4 Å². The van der Waals surface area contributed by atoms with Crippen molar-refractivity contribution in [3.05, 3.63) is 53.0 Å². The van der Waals surface area contributed by atoms with Gasteiger partial charge in [-0.3, -0.25) is 4.90 Å². The third-order valence-corrected chi connectivity index (χ3v) is 5.32. The van der Waals surface area contributed by atoms with Crippen LogP contribution in [0.5, 0.6) is 5.75 Å². The monoisotopic (exact) mass is 434 g/mol. The molecular formula is C22H31ClN4O3. The van der Waals surface area contributed by atoms with E-state index in [1.807, 2.05) is 44.3 Å². The number of imidazole rings is 1. The Hall–Kier alpha value is -2.51. The minimum absolute atomic E-state index is 0. The number of ether oxygens (including phenoxy) is 2. The molecule has 0 bridgehead atoms. The van der Waals surface area contributed by atoms with Crippen LogP contribution in [0.1, 0.15) is 45.0 Å². The molecule has 164 valence electrons. The molecule has 0 spiro atoms. The van der Waals surface area contributed by atoms with Gasteiger partial charge in [0.15, 0.2) is 0 Å². The molecule has 1 N–H and O–H groups in total. The van der Waals surface area contributed by atoms with E-state index in [0.717, 1.165) is 42.3 Å². The first-order chi connectivity index (χ1) is 14.0. The van der Waals surface area contributed by atoms with E-state index >= 15 is 0 Å². The molecule has 0 aliphatic carbocycles. The number of anilines is 1. The largest absolute Gasteiger partial charge is 0.496 e. The van der Waals surface area contributed by atoms with Crippen molar-refractivity contribution in [1.82, 2.24) is 14.5 Å². The summed E-state index contributed by atoms with van der Waals surface area (Å²) in [7, 11) is 1.64. The standard InChI is InChI=1S/C22H30N4O3.ClH/c1-6-25(7-2)14-16-13-23-22-24-15(4)19(21(27)29-8-3)20(26(16)22)17-11-9-10-12-18(17)28-5;/h9-13,20H,6-8,14H2,1-5H3,(H,23,24);1H. The predicted octanol–water partition coefficient (Wildman–Crippen LogP) is 4.01. The molecule has 1 aliphatic heterocycles. The minimum atomic E-state index is -0.380. The normalized spacial score (nSPS) is 15.3. The highest BCUT2D eigenvalue weighted by atomic mass is 35.5. The summed E-state index contributed by atoms with van der Waals surface area (Å²) in [5, 5.41) is 3.29. The molecule has 1 aliphatic rings. The molecule has 0 radical (unpaired) electrons. The Labute approximate surface area is 184 Å². The van der Waals surface area contributed by atoms with Gasteiger partial charge in [-0.25, -0.2) is 9.78 Å². The van der Waals surface area contributed by atoms with Crippen LogP contribution in [0.2, 0.25) is 0 Å². The van der Waals surface area contributed by atoms with Gasteiger partial charge in [-0.05, 0) is 33.0 Å². The molecule has 1 unspecified atom stereocenters. The summed E-state index contributed by atoms with van der Waals surface area (Å²) >= 11 is 0. The van der Waals surface area contributed by atoms with Gasteiger partial charge in [-0.15, -0.1) is 12.4 Å². The highest BCUT2D eigenvalue weighted by Gasteiger charge is 2.36. The van der Waals surface area contributed by atoms with Crippen molar-refractivity contribution < 1.29 is 14.3 Å². The van der Waals surface area contributed by atoms with E-state index in [2.05, 4.69) is 33.6 Å². The van der Waals surface area contributed by atoms with E-state index in [-0.39, 0.29) is 24.4 Å². The molecule has 2 aromatic rings. The van der Waals surface area contributed by atoms with Gasteiger partial charge < -0.3 is 19.4 Å². The molecule has 1 aromatic carbocycles. The fourth-order valence-electron chi connectivity index (χ4n) is 3.80. The number of hydrogen-bond donors (Lipinski definition) is 1. The second-order valence-corrected chi connectivity index (χ2v) is 6.93. The number of fused-ring (bicyclic) bond motifs is 1. The van der Waals surface area contributed by atoms with Crippen LogP contribution < -0.4 is 10.1 Å². The molecule has 1 atom stereocenters. The number of allylic oxidation sites excluding steroid dienone is 1. The number of rotatable bonds is 8. The number of carbonyl (C=O) groups is 1. The van der Waals surface area contributed by atoms with Crippen molar-refractivity contribution in [2.24, 2.45) is 0 Å². The third kappa shape index (κ3) is 4.47. The SMILES string of the molecule is CCOC(=O)C1=C(C)Nc2ncc(CN(CC)CC)n2C1c1ccccc1OC.Cl. The zero-order valence-corrected chi connectivity index (χ0v) is 19.1. The summed E-state index contributed by atoms with van der Waals surface area (Å²) in [6.45, 7) is 10.9.